The number of fused-ring (bicyclic) bond motifs is 1. The Bertz CT molecular complexity index is 932. The molecule has 1 aliphatic heterocycles. The average molecular weight is 350 g/mol. The minimum atomic E-state index is -4.27. The molecule has 1 aliphatic rings. The lowest BCUT2D eigenvalue weighted by Crippen LogP contribution is -2.28. The van der Waals surface area contributed by atoms with Crippen LogP contribution in [-0.2, 0) is 21.3 Å². The lowest BCUT2D eigenvalue weighted by Gasteiger charge is -2.10. The summed E-state index contributed by atoms with van der Waals surface area (Å²) in [5, 5.41) is 30.0. The summed E-state index contributed by atoms with van der Waals surface area (Å²) in [6, 6.07) is 7.20. The van der Waals surface area contributed by atoms with E-state index in [1.165, 1.54) is 12.1 Å². The number of phenols is 1. The molecule has 11 heteroatoms. The van der Waals surface area contributed by atoms with Gasteiger partial charge >= 0.3 is 7.12 Å². The van der Waals surface area contributed by atoms with Crippen molar-refractivity contribution < 1.29 is 28.1 Å². The minimum Gasteiger partial charge on any atom is -0.508 e. The number of nitro groups is 1. The molecule has 0 atom stereocenters. The predicted molar refractivity (Wildman–Crippen MR) is 84.4 cm³/mol. The van der Waals surface area contributed by atoms with Gasteiger partial charge in [0.15, 0.2) is 4.90 Å². The van der Waals surface area contributed by atoms with Crippen LogP contribution in [0.4, 0.5) is 11.4 Å². The van der Waals surface area contributed by atoms with Crippen LogP contribution in [0.5, 0.6) is 5.75 Å². The molecule has 0 saturated carbocycles. The standard InChI is InChI=1S/C13H11BN2O7S/c17-10-3-4-13(12(6-10)16(19)20)24(21,22)15-9-2-1-8-7-23-14(18)11(8)5-9/h1-6,15,17-18H,7H2. The van der Waals surface area contributed by atoms with Gasteiger partial charge in [0.2, 0.25) is 0 Å². The van der Waals surface area contributed by atoms with Crippen LogP contribution in [0, 0.1) is 10.1 Å². The molecule has 0 aliphatic carbocycles. The third kappa shape index (κ3) is 2.91. The van der Waals surface area contributed by atoms with Gasteiger partial charge in [0.05, 0.1) is 17.6 Å². The Hall–Kier alpha value is -2.63. The number of nitrogens with one attached hydrogen (secondary N) is 1. The summed E-state index contributed by atoms with van der Waals surface area (Å²) in [6.45, 7) is 0.215. The van der Waals surface area contributed by atoms with E-state index < -0.39 is 38.4 Å². The van der Waals surface area contributed by atoms with Gasteiger partial charge in [-0.25, -0.2) is 8.42 Å². The van der Waals surface area contributed by atoms with E-state index in [-0.39, 0.29) is 12.3 Å². The number of nitrogens with zero attached hydrogens (tertiary/aromatic N) is 1. The Morgan fingerprint density at radius 1 is 1.25 bits per heavy atom. The van der Waals surface area contributed by atoms with Crippen LogP contribution in [-0.4, -0.2) is 30.6 Å². The molecule has 3 N–H and O–H groups in total. The second kappa shape index (κ2) is 5.78. The smallest absolute Gasteiger partial charge is 0.491 e. The normalized spacial score (nSPS) is 13.6. The molecule has 24 heavy (non-hydrogen) atoms. The number of phenolic OH excluding ortho intramolecular Hbond substituents is 1. The molecule has 2 aromatic carbocycles. The first kappa shape index (κ1) is 16.2. The van der Waals surface area contributed by atoms with Gasteiger partial charge in [-0.3, -0.25) is 14.8 Å². The summed E-state index contributed by atoms with van der Waals surface area (Å²) in [6.07, 6.45) is 0. The Balaban J connectivity index is 1.98. The highest BCUT2D eigenvalue weighted by Crippen LogP contribution is 2.29. The van der Waals surface area contributed by atoms with E-state index in [0.29, 0.717) is 5.46 Å². The molecule has 0 aromatic heterocycles. The molecule has 2 aromatic rings. The van der Waals surface area contributed by atoms with Crippen molar-refractivity contribution >= 4 is 34.0 Å². The average Bonchev–Trinajstić information content (AvgIpc) is 2.87. The zero-order valence-electron chi connectivity index (χ0n) is 12.0. The van der Waals surface area contributed by atoms with Crippen molar-refractivity contribution in [2.45, 2.75) is 11.5 Å². The summed E-state index contributed by atoms with van der Waals surface area (Å²) in [4.78, 5) is 9.55. The van der Waals surface area contributed by atoms with Crippen molar-refractivity contribution in [2.75, 3.05) is 4.72 Å². The number of hydrogen-bond acceptors (Lipinski definition) is 7. The highest BCUT2D eigenvalue weighted by atomic mass is 32.2. The lowest BCUT2D eigenvalue weighted by atomic mass is 9.79. The molecule has 0 saturated heterocycles. The molecule has 0 spiro atoms. The summed E-state index contributed by atoms with van der Waals surface area (Å²) in [5.41, 5.74) is 0.532. The van der Waals surface area contributed by atoms with Crippen molar-refractivity contribution in [3.8, 4) is 5.75 Å². The van der Waals surface area contributed by atoms with E-state index in [4.69, 9.17) is 4.65 Å². The number of nitro benzene ring substituents is 1. The highest BCUT2D eigenvalue weighted by Gasteiger charge is 2.29. The fourth-order valence-electron chi connectivity index (χ4n) is 2.36. The number of aromatic hydroxyl groups is 1. The van der Waals surface area contributed by atoms with Crippen LogP contribution in [0.1, 0.15) is 5.56 Å². The van der Waals surface area contributed by atoms with Gasteiger partial charge in [-0.1, -0.05) is 6.07 Å². The Morgan fingerprint density at radius 3 is 2.71 bits per heavy atom. The number of hydrogen-bond donors (Lipinski definition) is 3. The zero-order chi connectivity index (χ0) is 17.5. The quantitative estimate of drug-likeness (QED) is 0.410. The van der Waals surface area contributed by atoms with Crippen molar-refractivity contribution in [3.05, 3.63) is 52.1 Å². The van der Waals surface area contributed by atoms with Gasteiger partial charge in [-0.05, 0) is 35.3 Å². The molecule has 3 rings (SSSR count). The molecule has 0 unspecified atom stereocenters. The third-order valence-electron chi connectivity index (χ3n) is 3.49. The lowest BCUT2D eigenvalue weighted by molar-refractivity contribution is -0.387. The van der Waals surface area contributed by atoms with Crippen LogP contribution in [0.25, 0.3) is 0 Å². The predicted octanol–water partition coefficient (Wildman–Crippen LogP) is 0.319. The van der Waals surface area contributed by atoms with E-state index in [0.717, 1.165) is 23.8 Å². The fraction of sp³-hybridized carbons (Fsp3) is 0.0769. The first-order valence-electron chi connectivity index (χ1n) is 6.70. The summed E-state index contributed by atoms with van der Waals surface area (Å²) in [5.74, 6) is -0.418. The van der Waals surface area contributed by atoms with Crippen LogP contribution in [0.3, 0.4) is 0 Å². The van der Waals surface area contributed by atoms with Crippen LogP contribution >= 0.6 is 0 Å². The number of anilines is 1. The van der Waals surface area contributed by atoms with Gasteiger partial charge < -0.3 is 14.8 Å². The van der Waals surface area contributed by atoms with Crippen LogP contribution in [0.15, 0.2) is 41.3 Å². The van der Waals surface area contributed by atoms with Crippen LogP contribution < -0.4 is 10.2 Å². The molecule has 0 amide bonds. The Kier molecular flexibility index (Phi) is 3.91. The largest absolute Gasteiger partial charge is 0.508 e. The van der Waals surface area contributed by atoms with Gasteiger partial charge in [-0.15, -0.1) is 0 Å². The number of benzene rings is 2. The van der Waals surface area contributed by atoms with E-state index in [9.17, 15) is 28.7 Å². The van der Waals surface area contributed by atoms with Crippen molar-refractivity contribution in [1.29, 1.82) is 0 Å². The van der Waals surface area contributed by atoms with Gasteiger partial charge in [0.1, 0.15) is 5.75 Å². The molecule has 0 bridgehead atoms. The Morgan fingerprint density at radius 2 is 2.00 bits per heavy atom. The van der Waals surface area contributed by atoms with Gasteiger partial charge in [0.25, 0.3) is 15.7 Å². The van der Waals surface area contributed by atoms with E-state index >= 15 is 0 Å². The Labute approximate surface area is 136 Å². The first-order valence-corrected chi connectivity index (χ1v) is 8.19. The molecular weight excluding hydrogens is 339 g/mol. The maximum atomic E-state index is 12.4. The van der Waals surface area contributed by atoms with E-state index in [1.807, 2.05) is 0 Å². The summed E-state index contributed by atoms with van der Waals surface area (Å²) < 4.78 is 32.1. The van der Waals surface area contributed by atoms with Crippen LogP contribution in [0.2, 0.25) is 0 Å². The fourth-order valence-corrected chi connectivity index (χ4v) is 3.57. The molecule has 9 nitrogen and oxygen atoms in total. The molecule has 1 heterocycles. The topological polar surface area (TPSA) is 139 Å². The second-order valence-corrected chi connectivity index (χ2v) is 6.74. The van der Waals surface area contributed by atoms with Crippen molar-refractivity contribution in [3.63, 3.8) is 0 Å². The summed E-state index contributed by atoms with van der Waals surface area (Å²) in [7, 11) is -5.41. The number of rotatable bonds is 4. The maximum absolute atomic E-state index is 12.4. The monoisotopic (exact) mass is 350 g/mol. The second-order valence-electron chi connectivity index (χ2n) is 5.09. The van der Waals surface area contributed by atoms with Crippen molar-refractivity contribution in [2.24, 2.45) is 0 Å². The number of sulfonamides is 1. The minimum absolute atomic E-state index is 0.126. The molecule has 124 valence electrons. The molecule has 0 radical (unpaired) electrons. The molecule has 0 fully saturated rings. The summed E-state index contributed by atoms with van der Waals surface area (Å²) >= 11 is 0. The molecular formula is C13H11BN2O7S. The van der Waals surface area contributed by atoms with Crippen molar-refractivity contribution in [1.82, 2.24) is 0 Å². The van der Waals surface area contributed by atoms with E-state index in [1.54, 1.807) is 6.07 Å². The maximum Gasteiger partial charge on any atom is 0.491 e. The zero-order valence-corrected chi connectivity index (χ0v) is 12.9. The van der Waals surface area contributed by atoms with Gasteiger partial charge in [-0.2, -0.15) is 0 Å². The highest BCUT2D eigenvalue weighted by molar-refractivity contribution is 7.92. The third-order valence-corrected chi connectivity index (χ3v) is 4.92. The first-order chi connectivity index (χ1) is 11.3. The SMILES string of the molecule is O=[N+]([O-])c1cc(O)ccc1S(=O)(=O)Nc1ccc2c(c1)B(O)OC2. The van der Waals surface area contributed by atoms with Gasteiger partial charge in [0, 0.05) is 5.69 Å². The van der Waals surface area contributed by atoms with E-state index in [2.05, 4.69) is 4.72 Å².